The van der Waals surface area contributed by atoms with Crippen molar-refractivity contribution in [2.45, 2.75) is 13.5 Å². The average Bonchev–Trinajstić information content (AvgIpc) is 2.96. The quantitative estimate of drug-likeness (QED) is 0.748. The van der Waals surface area contributed by atoms with E-state index in [0.717, 1.165) is 11.3 Å². The summed E-state index contributed by atoms with van der Waals surface area (Å²) in [6.45, 7) is 1.52. The number of rotatable bonds is 6. The highest BCUT2D eigenvalue weighted by molar-refractivity contribution is 7.18. The molecule has 132 valence electrons. The van der Waals surface area contributed by atoms with E-state index < -0.39 is 17.8 Å². The first-order chi connectivity index (χ1) is 12.0. The second kappa shape index (κ2) is 8.25. The fraction of sp³-hybridized carbons (Fsp3) is 0.250. The number of ether oxygens (including phenoxy) is 2. The predicted octanol–water partition coefficient (Wildman–Crippen LogP) is 1.62. The van der Waals surface area contributed by atoms with Crippen LogP contribution in [-0.4, -0.2) is 36.5 Å². The molecule has 0 saturated carbocycles. The molecule has 9 heteroatoms. The average molecular weight is 363 g/mol. The number of nitrogens with zero attached hydrogens (tertiary/aromatic N) is 1. The van der Waals surface area contributed by atoms with Crippen LogP contribution in [0.25, 0.3) is 0 Å². The summed E-state index contributed by atoms with van der Waals surface area (Å²) in [6, 6.07) is 2.99. The fourth-order valence-electron chi connectivity index (χ4n) is 2.06. The van der Waals surface area contributed by atoms with Gasteiger partial charge >= 0.3 is 11.9 Å². The number of pyridine rings is 1. The molecule has 0 fully saturated rings. The number of esters is 2. The number of aromatic nitrogens is 1. The van der Waals surface area contributed by atoms with E-state index in [-0.39, 0.29) is 34.2 Å². The molecule has 0 unspecified atom stereocenters. The Morgan fingerprint density at radius 3 is 2.48 bits per heavy atom. The van der Waals surface area contributed by atoms with Gasteiger partial charge in [-0.15, -0.1) is 11.3 Å². The fourth-order valence-corrected chi connectivity index (χ4v) is 3.06. The standard InChI is InChI=1S/C16H17N3O5S/c1-3-23-16(22)11-10(12(14(20)18-2)25-13(11)17)8-24-15(21)9-4-6-19-7-5-9/h4-7H,3,8,17H2,1-2H3,(H,18,20). The van der Waals surface area contributed by atoms with E-state index in [1.54, 1.807) is 6.92 Å². The lowest BCUT2D eigenvalue weighted by atomic mass is 10.1. The Balaban J connectivity index is 2.32. The second-order valence-corrected chi connectivity index (χ2v) is 5.81. The number of nitrogen functional groups attached to an aromatic ring is 1. The summed E-state index contributed by atoms with van der Waals surface area (Å²) >= 11 is 0.939. The molecule has 25 heavy (non-hydrogen) atoms. The molecular formula is C16H17N3O5S. The first-order valence-corrected chi connectivity index (χ1v) is 8.18. The smallest absolute Gasteiger partial charge is 0.341 e. The predicted molar refractivity (Wildman–Crippen MR) is 91.4 cm³/mol. The van der Waals surface area contributed by atoms with Gasteiger partial charge < -0.3 is 20.5 Å². The van der Waals surface area contributed by atoms with Gasteiger partial charge in [-0.05, 0) is 19.1 Å². The normalized spacial score (nSPS) is 10.2. The van der Waals surface area contributed by atoms with Gasteiger partial charge in [0.05, 0.1) is 12.2 Å². The zero-order valence-corrected chi connectivity index (χ0v) is 14.5. The first kappa shape index (κ1) is 18.4. The topological polar surface area (TPSA) is 121 Å². The summed E-state index contributed by atoms with van der Waals surface area (Å²) in [6.07, 6.45) is 2.92. The maximum absolute atomic E-state index is 12.1. The van der Waals surface area contributed by atoms with Crippen LogP contribution in [0.3, 0.4) is 0 Å². The highest BCUT2D eigenvalue weighted by Crippen LogP contribution is 2.32. The van der Waals surface area contributed by atoms with E-state index in [9.17, 15) is 14.4 Å². The molecule has 0 aliphatic rings. The molecule has 0 saturated heterocycles. The Bertz CT molecular complexity index is 789. The number of amides is 1. The van der Waals surface area contributed by atoms with Gasteiger partial charge in [-0.25, -0.2) is 9.59 Å². The van der Waals surface area contributed by atoms with Crippen molar-refractivity contribution >= 4 is 34.2 Å². The minimum atomic E-state index is -0.665. The third-order valence-corrected chi connectivity index (χ3v) is 4.27. The van der Waals surface area contributed by atoms with Crippen LogP contribution in [0.4, 0.5) is 5.00 Å². The van der Waals surface area contributed by atoms with Crippen LogP contribution in [0.15, 0.2) is 24.5 Å². The van der Waals surface area contributed by atoms with E-state index in [1.165, 1.54) is 31.6 Å². The molecule has 3 N–H and O–H groups in total. The van der Waals surface area contributed by atoms with Gasteiger partial charge in [0.1, 0.15) is 22.0 Å². The van der Waals surface area contributed by atoms with Gasteiger partial charge in [0, 0.05) is 25.0 Å². The number of carbonyl (C=O) groups is 3. The number of hydrogen-bond acceptors (Lipinski definition) is 8. The molecule has 0 spiro atoms. The summed E-state index contributed by atoms with van der Waals surface area (Å²) < 4.78 is 10.2. The van der Waals surface area contributed by atoms with Crippen LogP contribution in [-0.2, 0) is 16.1 Å². The lowest BCUT2D eigenvalue weighted by Crippen LogP contribution is -2.19. The second-order valence-electron chi connectivity index (χ2n) is 4.76. The molecule has 0 atom stereocenters. The van der Waals surface area contributed by atoms with Gasteiger partial charge in [0.25, 0.3) is 5.91 Å². The molecule has 2 rings (SSSR count). The SMILES string of the molecule is CCOC(=O)c1c(N)sc(C(=O)NC)c1COC(=O)c1ccncc1. The van der Waals surface area contributed by atoms with Crippen molar-refractivity contribution in [3.8, 4) is 0 Å². The van der Waals surface area contributed by atoms with Gasteiger partial charge in [0.2, 0.25) is 0 Å². The minimum absolute atomic E-state index is 0.0491. The van der Waals surface area contributed by atoms with E-state index >= 15 is 0 Å². The summed E-state index contributed by atoms with van der Waals surface area (Å²) in [5, 5.41) is 2.60. The van der Waals surface area contributed by atoms with Crippen LogP contribution in [0.1, 0.15) is 42.9 Å². The van der Waals surface area contributed by atoms with Gasteiger partial charge in [-0.1, -0.05) is 0 Å². The van der Waals surface area contributed by atoms with Crippen LogP contribution in [0, 0.1) is 0 Å². The van der Waals surface area contributed by atoms with Crippen LogP contribution in [0.5, 0.6) is 0 Å². The van der Waals surface area contributed by atoms with Crippen LogP contribution < -0.4 is 11.1 Å². The summed E-state index contributed by atoms with van der Waals surface area (Å²) in [4.78, 5) is 40.3. The van der Waals surface area contributed by atoms with Gasteiger partial charge in [0.15, 0.2) is 0 Å². The van der Waals surface area contributed by atoms with E-state index in [1.807, 2.05) is 0 Å². The van der Waals surface area contributed by atoms with E-state index in [2.05, 4.69) is 10.3 Å². The number of thiophene rings is 1. The van der Waals surface area contributed by atoms with Crippen molar-refractivity contribution in [2.75, 3.05) is 19.4 Å². The van der Waals surface area contributed by atoms with Crippen molar-refractivity contribution in [1.29, 1.82) is 0 Å². The molecule has 2 aromatic rings. The lowest BCUT2D eigenvalue weighted by molar-refractivity contribution is 0.0449. The van der Waals surface area contributed by atoms with Gasteiger partial charge in [-0.3, -0.25) is 9.78 Å². The zero-order valence-electron chi connectivity index (χ0n) is 13.7. The summed E-state index contributed by atoms with van der Waals surface area (Å²) in [7, 11) is 1.45. The van der Waals surface area contributed by atoms with E-state index in [4.69, 9.17) is 15.2 Å². The Morgan fingerprint density at radius 1 is 1.20 bits per heavy atom. The maximum atomic E-state index is 12.1. The maximum Gasteiger partial charge on any atom is 0.341 e. The van der Waals surface area contributed by atoms with Crippen LogP contribution >= 0.6 is 11.3 Å². The zero-order chi connectivity index (χ0) is 18.4. The monoisotopic (exact) mass is 363 g/mol. The number of carbonyl (C=O) groups excluding carboxylic acids is 3. The number of anilines is 1. The Morgan fingerprint density at radius 2 is 1.88 bits per heavy atom. The molecule has 0 aliphatic carbocycles. The Labute approximate surface area is 148 Å². The summed E-state index contributed by atoms with van der Waals surface area (Å²) in [5.74, 6) is -1.70. The first-order valence-electron chi connectivity index (χ1n) is 7.37. The van der Waals surface area contributed by atoms with Crippen LogP contribution in [0.2, 0.25) is 0 Å². The summed E-state index contributed by atoms with van der Waals surface area (Å²) in [5.41, 5.74) is 6.45. The largest absolute Gasteiger partial charge is 0.462 e. The number of hydrogen-bond donors (Lipinski definition) is 2. The molecule has 8 nitrogen and oxygen atoms in total. The number of nitrogens with two attached hydrogens (primary N) is 1. The molecular weight excluding hydrogens is 346 g/mol. The highest BCUT2D eigenvalue weighted by atomic mass is 32.1. The molecule has 2 heterocycles. The molecule has 2 aromatic heterocycles. The van der Waals surface area contributed by atoms with Crippen molar-refractivity contribution < 1.29 is 23.9 Å². The highest BCUT2D eigenvalue weighted by Gasteiger charge is 2.27. The minimum Gasteiger partial charge on any atom is -0.462 e. The Kier molecular flexibility index (Phi) is 6.07. The molecule has 1 amide bonds. The molecule has 0 radical (unpaired) electrons. The molecule has 0 aliphatic heterocycles. The van der Waals surface area contributed by atoms with Gasteiger partial charge in [-0.2, -0.15) is 0 Å². The van der Waals surface area contributed by atoms with Crippen molar-refractivity contribution in [3.63, 3.8) is 0 Å². The van der Waals surface area contributed by atoms with Crippen molar-refractivity contribution in [3.05, 3.63) is 46.1 Å². The molecule has 0 aromatic carbocycles. The van der Waals surface area contributed by atoms with Crippen molar-refractivity contribution in [2.24, 2.45) is 0 Å². The lowest BCUT2D eigenvalue weighted by Gasteiger charge is -2.08. The third-order valence-electron chi connectivity index (χ3n) is 3.21. The Hall–Kier alpha value is -2.94. The van der Waals surface area contributed by atoms with Crippen molar-refractivity contribution in [1.82, 2.24) is 10.3 Å². The third kappa shape index (κ3) is 4.13. The number of nitrogens with one attached hydrogen (secondary N) is 1. The van der Waals surface area contributed by atoms with E-state index in [0.29, 0.717) is 5.56 Å². The molecule has 0 bridgehead atoms.